The SMILES string of the molecule is CCC(C)(CO)NC(=O)Nc1ccc(C)c(NC(=O)NC(C)(CC)CO)c1. The van der Waals surface area contributed by atoms with Crippen LogP contribution < -0.4 is 21.3 Å². The first kappa shape index (κ1) is 22.7. The van der Waals surface area contributed by atoms with E-state index in [0.29, 0.717) is 24.2 Å². The molecule has 8 nitrogen and oxygen atoms in total. The molecule has 8 heteroatoms. The van der Waals surface area contributed by atoms with Gasteiger partial charge in [-0.05, 0) is 51.3 Å². The zero-order valence-corrected chi connectivity index (χ0v) is 16.8. The number of urea groups is 2. The van der Waals surface area contributed by atoms with Gasteiger partial charge in [0.25, 0.3) is 0 Å². The monoisotopic (exact) mass is 380 g/mol. The second-order valence-corrected chi connectivity index (χ2v) is 7.33. The highest BCUT2D eigenvalue weighted by Crippen LogP contribution is 2.21. The first-order valence-corrected chi connectivity index (χ1v) is 9.11. The molecule has 2 unspecified atom stereocenters. The number of hydrogen-bond acceptors (Lipinski definition) is 4. The van der Waals surface area contributed by atoms with Crippen LogP contribution in [0.3, 0.4) is 0 Å². The lowest BCUT2D eigenvalue weighted by molar-refractivity contribution is 0.172. The molecule has 0 saturated carbocycles. The Balaban J connectivity index is 2.82. The molecule has 0 spiro atoms. The number of amides is 4. The lowest BCUT2D eigenvalue weighted by atomic mass is 10.0. The summed E-state index contributed by atoms with van der Waals surface area (Å²) in [5.41, 5.74) is 0.465. The van der Waals surface area contributed by atoms with Gasteiger partial charge in [-0.25, -0.2) is 9.59 Å². The van der Waals surface area contributed by atoms with Crippen molar-refractivity contribution in [3.8, 4) is 0 Å². The Labute approximate surface area is 160 Å². The molecule has 0 fully saturated rings. The Morgan fingerprint density at radius 3 is 1.85 bits per heavy atom. The minimum atomic E-state index is -0.706. The highest BCUT2D eigenvalue weighted by molar-refractivity contribution is 5.94. The minimum Gasteiger partial charge on any atom is -0.394 e. The smallest absolute Gasteiger partial charge is 0.319 e. The molecule has 6 N–H and O–H groups in total. The molecule has 4 amide bonds. The van der Waals surface area contributed by atoms with Crippen LogP contribution in [-0.4, -0.2) is 46.6 Å². The van der Waals surface area contributed by atoms with Crippen LogP contribution in [-0.2, 0) is 0 Å². The number of aliphatic hydroxyl groups is 2. The predicted molar refractivity (Wildman–Crippen MR) is 107 cm³/mol. The van der Waals surface area contributed by atoms with E-state index < -0.39 is 23.1 Å². The summed E-state index contributed by atoms with van der Waals surface area (Å²) in [6.45, 7) is 8.77. The van der Waals surface area contributed by atoms with Crippen molar-refractivity contribution in [2.45, 2.75) is 58.5 Å². The summed E-state index contributed by atoms with van der Waals surface area (Å²) in [5.74, 6) is 0. The first-order chi connectivity index (χ1) is 12.6. The largest absolute Gasteiger partial charge is 0.394 e. The van der Waals surface area contributed by atoms with E-state index in [1.54, 1.807) is 32.0 Å². The van der Waals surface area contributed by atoms with Crippen molar-refractivity contribution >= 4 is 23.4 Å². The molecule has 0 heterocycles. The number of rotatable bonds is 8. The Morgan fingerprint density at radius 2 is 1.41 bits per heavy atom. The van der Waals surface area contributed by atoms with Gasteiger partial charge in [0, 0.05) is 11.4 Å². The van der Waals surface area contributed by atoms with Gasteiger partial charge in [-0.3, -0.25) is 0 Å². The normalized spacial score (nSPS) is 15.2. The highest BCUT2D eigenvalue weighted by Gasteiger charge is 2.24. The van der Waals surface area contributed by atoms with Crippen LogP contribution in [0.5, 0.6) is 0 Å². The van der Waals surface area contributed by atoms with E-state index in [1.807, 2.05) is 20.8 Å². The molecule has 0 bridgehead atoms. The van der Waals surface area contributed by atoms with Gasteiger partial charge in [-0.15, -0.1) is 0 Å². The third kappa shape index (κ3) is 6.73. The Morgan fingerprint density at radius 1 is 0.926 bits per heavy atom. The van der Waals surface area contributed by atoms with E-state index in [-0.39, 0.29) is 13.2 Å². The number of carbonyl (C=O) groups excluding carboxylic acids is 2. The number of anilines is 2. The van der Waals surface area contributed by atoms with Gasteiger partial charge in [-0.1, -0.05) is 19.9 Å². The van der Waals surface area contributed by atoms with Gasteiger partial charge < -0.3 is 31.5 Å². The average Bonchev–Trinajstić information content (AvgIpc) is 2.64. The van der Waals surface area contributed by atoms with Crippen LogP contribution in [0.25, 0.3) is 0 Å². The van der Waals surface area contributed by atoms with Crippen molar-refractivity contribution in [1.29, 1.82) is 0 Å². The standard InChI is InChI=1S/C19H32N4O4/c1-6-18(4,11-24)22-16(26)20-14-9-8-13(3)15(10-14)21-17(27)23-19(5,7-2)12-25/h8-10,24-25H,6-7,11-12H2,1-5H3,(H2,20,22,26)(H2,21,23,27). The molecule has 0 aliphatic heterocycles. The van der Waals surface area contributed by atoms with Crippen LogP contribution in [0.15, 0.2) is 18.2 Å². The lowest BCUT2D eigenvalue weighted by Crippen LogP contribution is -2.50. The molecular weight excluding hydrogens is 348 g/mol. The fourth-order valence-electron chi connectivity index (χ4n) is 2.18. The van der Waals surface area contributed by atoms with E-state index in [4.69, 9.17) is 0 Å². The van der Waals surface area contributed by atoms with Crippen molar-refractivity contribution in [1.82, 2.24) is 10.6 Å². The van der Waals surface area contributed by atoms with Crippen LogP contribution in [0, 0.1) is 6.92 Å². The van der Waals surface area contributed by atoms with Gasteiger partial charge in [0.05, 0.1) is 24.3 Å². The molecule has 0 saturated heterocycles. The topological polar surface area (TPSA) is 123 Å². The number of aryl methyl sites for hydroxylation is 1. The second kappa shape index (κ2) is 9.57. The van der Waals surface area contributed by atoms with Crippen LogP contribution >= 0.6 is 0 Å². The van der Waals surface area contributed by atoms with E-state index in [2.05, 4.69) is 21.3 Å². The molecule has 27 heavy (non-hydrogen) atoms. The summed E-state index contributed by atoms with van der Waals surface area (Å²) in [6.07, 6.45) is 1.16. The van der Waals surface area contributed by atoms with Crippen molar-refractivity contribution in [3.05, 3.63) is 23.8 Å². The zero-order chi connectivity index (χ0) is 20.7. The van der Waals surface area contributed by atoms with E-state index in [0.717, 1.165) is 5.56 Å². The maximum atomic E-state index is 12.2. The summed E-state index contributed by atoms with van der Waals surface area (Å²) >= 11 is 0. The van der Waals surface area contributed by atoms with Crippen molar-refractivity contribution in [3.63, 3.8) is 0 Å². The molecule has 1 rings (SSSR count). The molecule has 0 aliphatic carbocycles. The molecule has 1 aromatic carbocycles. The van der Waals surface area contributed by atoms with Crippen molar-refractivity contribution < 1.29 is 19.8 Å². The van der Waals surface area contributed by atoms with E-state index >= 15 is 0 Å². The summed E-state index contributed by atoms with van der Waals surface area (Å²) in [4.78, 5) is 24.4. The second-order valence-electron chi connectivity index (χ2n) is 7.33. The van der Waals surface area contributed by atoms with Crippen LogP contribution in [0.4, 0.5) is 21.0 Å². The fourth-order valence-corrected chi connectivity index (χ4v) is 2.18. The van der Waals surface area contributed by atoms with E-state index in [1.165, 1.54) is 0 Å². The lowest BCUT2D eigenvalue weighted by Gasteiger charge is -2.28. The summed E-state index contributed by atoms with van der Waals surface area (Å²) in [7, 11) is 0. The Kier molecular flexibility index (Phi) is 8.05. The van der Waals surface area contributed by atoms with E-state index in [9.17, 15) is 19.8 Å². The number of nitrogens with one attached hydrogen (secondary N) is 4. The minimum absolute atomic E-state index is 0.168. The molecule has 0 radical (unpaired) electrons. The van der Waals surface area contributed by atoms with Gasteiger partial charge in [0.1, 0.15) is 0 Å². The molecular formula is C19H32N4O4. The number of aliphatic hydroxyl groups excluding tert-OH is 2. The third-order valence-corrected chi connectivity index (χ3v) is 4.83. The quantitative estimate of drug-likeness (QED) is 0.415. The Bertz CT molecular complexity index is 655. The van der Waals surface area contributed by atoms with Crippen molar-refractivity contribution in [2.75, 3.05) is 23.8 Å². The van der Waals surface area contributed by atoms with Gasteiger partial charge in [-0.2, -0.15) is 0 Å². The summed E-state index contributed by atoms with van der Waals surface area (Å²) < 4.78 is 0. The maximum Gasteiger partial charge on any atom is 0.319 e. The third-order valence-electron chi connectivity index (χ3n) is 4.83. The van der Waals surface area contributed by atoms with Gasteiger partial charge in [0.2, 0.25) is 0 Å². The zero-order valence-electron chi connectivity index (χ0n) is 16.8. The number of hydrogen-bond donors (Lipinski definition) is 6. The molecule has 0 aromatic heterocycles. The predicted octanol–water partition coefficient (Wildman–Crippen LogP) is 2.56. The Hall–Kier alpha value is -2.32. The summed E-state index contributed by atoms with van der Waals surface area (Å²) in [6, 6.07) is 4.29. The molecule has 2 atom stereocenters. The van der Waals surface area contributed by atoms with Crippen LogP contribution in [0.2, 0.25) is 0 Å². The first-order valence-electron chi connectivity index (χ1n) is 9.11. The highest BCUT2D eigenvalue weighted by atomic mass is 16.3. The van der Waals surface area contributed by atoms with Gasteiger partial charge in [0.15, 0.2) is 0 Å². The molecule has 0 aliphatic rings. The van der Waals surface area contributed by atoms with Gasteiger partial charge >= 0.3 is 12.1 Å². The summed E-state index contributed by atoms with van der Waals surface area (Å²) in [5, 5.41) is 29.7. The maximum absolute atomic E-state index is 12.2. The average molecular weight is 380 g/mol. The molecule has 1 aromatic rings. The molecule has 152 valence electrons. The fraction of sp³-hybridized carbons (Fsp3) is 0.579. The number of carbonyl (C=O) groups is 2. The van der Waals surface area contributed by atoms with Crippen LogP contribution in [0.1, 0.15) is 46.1 Å². The number of benzene rings is 1. The van der Waals surface area contributed by atoms with Crippen molar-refractivity contribution in [2.24, 2.45) is 0 Å².